The minimum absolute atomic E-state index is 0.465. The smallest absolute Gasteiger partial charge is 0.408 e. The molecule has 2 aromatic rings. The molecule has 0 spiro atoms. The van der Waals surface area contributed by atoms with Gasteiger partial charge in [-0.05, 0) is 24.1 Å². The van der Waals surface area contributed by atoms with Gasteiger partial charge in [-0.3, -0.25) is 4.98 Å². The number of rotatable bonds is 4. The molecule has 20 heavy (non-hydrogen) atoms. The lowest BCUT2D eigenvalue weighted by atomic mass is 10.1. The maximum atomic E-state index is 11.1. The highest BCUT2D eigenvalue weighted by atomic mass is 16.4. The van der Waals surface area contributed by atoms with Gasteiger partial charge in [0.25, 0.3) is 0 Å². The van der Waals surface area contributed by atoms with Crippen LogP contribution in [0.1, 0.15) is 18.1 Å². The number of piperazine rings is 1. The molecular formula is C14H19N3O3. The first kappa shape index (κ1) is 13.4. The minimum atomic E-state index is -0.533. The summed E-state index contributed by atoms with van der Waals surface area (Å²) in [5.41, 5.74) is 1.94. The zero-order valence-corrected chi connectivity index (χ0v) is 11.3. The summed E-state index contributed by atoms with van der Waals surface area (Å²) < 4.78 is 5.01. The summed E-state index contributed by atoms with van der Waals surface area (Å²) in [6.45, 7) is 4.95. The molecule has 1 aliphatic rings. The van der Waals surface area contributed by atoms with E-state index in [2.05, 4.69) is 15.2 Å². The third-order valence-corrected chi connectivity index (χ3v) is 3.76. The van der Waals surface area contributed by atoms with Gasteiger partial charge in [-0.2, -0.15) is 0 Å². The molecular weight excluding hydrogens is 258 g/mol. The van der Waals surface area contributed by atoms with E-state index in [1.165, 1.54) is 0 Å². The highest BCUT2D eigenvalue weighted by Gasteiger charge is 2.14. The van der Waals surface area contributed by atoms with Crippen LogP contribution in [0.15, 0.2) is 27.4 Å². The number of H-pyrrole nitrogens is 1. The van der Waals surface area contributed by atoms with Crippen molar-refractivity contribution in [1.29, 1.82) is 0 Å². The maximum absolute atomic E-state index is 11.1. The average molecular weight is 277 g/mol. The molecule has 1 atom stereocenters. The van der Waals surface area contributed by atoms with Crippen LogP contribution in [-0.2, 0) is 0 Å². The van der Waals surface area contributed by atoms with Crippen molar-refractivity contribution in [2.75, 3.05) is 32.7 Å². The molecule has 0 saturated carbocycles. The van der Waals surface area contributed by atoms with Crippen molar-refractivity contribution in [3.63, 3.8) is 0 Å². The maximum Gasteiger partial charge on any atom is 0.417 e. The molecule has 3 rings (SSSR count). The second kappa shape index (κ2) is 5.78. The predicted octanol–water partition coefficient (Wildman–Crippen LogP) is 0.450. The van der Waals surface area contributed by atoms with Crippen LogP contribution in [0.5, 0.6) is 0 Å². The molecule has 6 heteroatoms. The first-order chi connectivity index (χ1) is 9.72. The zero-order valence-electron chi connectivity index (χ0n) is 11.3. The topological polar surface area (TPSA) is 81.5 Å². The molecule has 3 N–H and O–H groups in total. The van der Waals surface area contributed by atoms with Crippen molar-refractivity contribution in [2.45, 2.75) is 12.5 Å². The van der Waals surface area contributed by atoms with E-state index in [1.54, 1.807) is 12.1 Å². The summed E-state index contributed by atoms with van der Waals surface area (Å²) in [6.07, 6.45) is 0.148. The van der Waals surface area contributed by atoms with Crippen molar-refractivity contribution in [3.8, 4) is 0 Å². The van der Waals surface area contributed by atoms with Crippen LogP contribution >= 0.6 is 0 Å². The quantitative estimate of drug-likeness (QED) is 0.756. The van der Waals surface area contributed by atoms with E-state index in [1.807, 2.05) is 6.07 Å². The van der Waals surface area contributed by atoms with Gasteiger partial charge in [0, 0.05) is 32.7 Å². The van der Waals surface area contributed by atoms with E-state index in [0.717, 1.165) is 38.3 Å². The lowest BCUT2D eigenvalue weighted by molar-refractivity contribution is 0.137. The Hall–Kier alpha value is -1.63. The highest BCUT2D eigenvalue weighted by Crippen LogP contribution is 2.21. The molecule has 0 aliphatic carbocycles. The summed E-state index contributed by atoms with van der Waals surface area (Å²) in [7, 11) is 0. The zero-order chi connectivity index (χ0) is 13.9. The summed E-state index contributed by atoms with van der Waals surface area (Å²) in [5, 5.41) is 13.6. The van der Waals surface area contributed by atoms with Crippen LogP contribution < -0.4 is 11.1 Å². The van der Waals surface area contributed by atoms with Crippen molar-refractivity contribution >= 4 is 11.1 Å². The SMILES string of the molecule is O=c1[nH]c2ccc(C(O)CCN3CCNCC3)cc2o1. The number of hydrogen-bond acceptors (Lipinski definition) is 5. The Morgan fingerprint density at radius 1 is 1.35 bits per heavy atom. The molecule has 6 nitrogen and oxygen atoms in total. The predicted molar refractivity (Wildman–Crippen MR) is 75.7 cm³/mol. The van der Waals surface area contributed by atoms with Crippen molar-refractivity contribution in [1.82, 2.24) is 15.2 Å². The van der Waals surface area contributed by atoms with Gasteiger partial charge in [0.2, 0.25) is 0 Å². The number of fused-ring (bicyclic) bond motifs is 1. The standard InChI is InChI=1S/C14H19N3O3/c18-12(3-6-17-7-4-15-5-8-17)10-1-2-11-13(9-10)20-14(19)16-11/h1-2,9,12,15,18H,3-8H2,(H,16,19). The molecule has 1 saturated heterocycles. The van der Waals surface area contributed by atoms with Gasteiger partial charge < -0.3 is 19.7 Å². The molecule has 2 heterocycles. The highest BCUT2D eigenvalue weighted by molar-refractivity contribution is 5.72. The Morgan fingerprint density at radius 3 is 2.95 bits per heavy atom. The average Bonchev–Trinajstić information content (AvgIpc) is 2.85. The van der Waals surface area contributed by atoms with Gasteiger partial charge >= 0.3 is 5.76 Å². The van der Waals surface area contributed by atoms with E-state index in [-0.39, 0.29) is 0 Å². The lowest BCUT2D eigenvalue weighted by Crippen LogP contribution is -2.44. The van der Waals surface area contributed by atoms with Crippen LogP contribution in [0.2, 0.25) is 0 Å². The van der Waals surface area contributed by atoms with Crippen molar-refractivity contribution < 1.29 is 9.52 Å². The molecule has 1 aromatic carbocycles. The fraction of sp³-hybridized carbons (Fsp3) is 0.500. The Balaban J connectivity index is 1.65. The van der Waals surface area contributed by atoms with E-state index in [4.69, 9.17) is 4.42 Å². The second-order valence-corrected chi connectivity index (χ2v) is 5.17. The normalized spacial score (nSPS) is 18.4. The number of aliphatic hydroxyl groups excluding tert-OH is 1. The van der Waals surface area contributed by atoms with Gasteiger partial charge in [-0.1, -0.05) is 6.07 Å². The first-order valence-corrected chi connectivity index (χ1v) is 6.96. The number of nitrogens with one attached hydrogen (secondary N) is 2. The van der Waals surface area contributed by atoms with Crippen LogP contribution in [0.4, 0.5) is 0 Å². The van der Waals surface area contributed by atoms with Crippen LogP contribution in [-0.4, -0.2) is 47.7 Å². The van der Waals surface area contributed by atoms with E-state index in [9.17, 15) is 9.90 Å². The Kier molecular flexibility index (Phi) is 3.86. The molecule has 0 bridgehead atoms. The van der Waals surface area contributed by atoms with Gasteiger partial charge in [0.15, 0.2) is 5.58 Å². The summed E-state index contributed by atoms with van der Waals surface area (Å²) >= 11 is 0. The minimum Gasteiger partial charge on any atom is -0.408 e. The Bertz CT molecular complexity index is 628. The van der Waals surface area contributed by atoms with E-state index in [0.29, 0.717) is 17.5 Å². The first-order valence-electron chi connectivity index (χ1n) is 6.96. The number of aliphatic hydroxyl groups is 1. The third kappa shape index (κ3) is 2.92. The van der Waals surface area contributed by atoms with E-state index < -0.39 is 11.9 Å². The van der Waals surface area contributed by atoms with Crippen molar-refractivity contribution in [3.05, 3.63) is 34.3 Å². The number of nitrogens with zero attached hydrogens (tertiary/aromatic N) is 1. The van der Waals surface area contributed by atoms with Crippen molar-refractivity contribution in [2.24, 2.45) is 0 Å². The van der Waals surface area contributed by atoms with Crippen LogP contribution in [0.25, 0.3) is 11.1 Å². The van der Waals surface area contributed by atoms with Crippen LogP contribution in [0.3, 0.4) is 0 Å². The number of aromatic amines is 1. The molecule has 1 aliphatic heterocycles. The second-order valence-electron chi connectivity index (χ2n) is 5.17. The van der Waals surface area contributed by atoms with Gasteiger partial charge in [0.1, 0.15) is 0 Å². The molecule has 1 aromatic heterocycles. The number of oxazole rings is 1. The molecule has 1 fully saturated rings. The summed E-state index contributed by atoms with van der Waals surface area (Å²) in [4.78, 5) is 16.0. The third-order valence-electron chi connectivity index (χ3n) is 3.76. The monoisotopic (exact) mass is 277 g/mol. The summed E-state index contributed by atoms with van der Waals surface area (Å²) in [5.74, 6) is -0.465. The van der Waals surface area contributed by atoms with E-state index >= 15 is 0 Å². The van der Waals surface area contributed by atoms with Gasteiger partial charge in [-0.15, -0.1) is 0 Å². The Labute approximate surface area is 116 Å². The molecule has 1 unspecified atom stereocenters. The van der Waals surface area contributed by atoms with Gasteiger partial charge in [0.05, 0.1) is 11.6 Å². The number of hydrogen-bond donors (Lipinski definition) is 3. The lowest BCUT2D eigenvalue weighted by Gasteiger charge is -2.27. The number of benzene rings is 1. The largest absolute Gasteiger partial charge is 0.417 e. The molecule has 108 valence electrons. The fourth-order valence-electron chi connectivity index (χ4n) is 2.58. The fourth-order valence-corrected chi connectivity index (χ4v) is 2.58. The van der Waals surface area contributed by atoms with Crippen LogP contribution in [0, 0.1) is 0 Å². The molecule has 0 amide bonds. The summed E-state index contributed by atoms with van der Waals surface area (Å²) in [6, 6.07) is 5.33. The van der Waals surface area contributed by atoms with Gasteiger partial charge in [-0.25, -0.2) is 4.79 Å². The molecule has 0 radical (unpaired) electrons. The number of aromatic nitrogens is 1. The Morgan fingerprint density at radius 2 is 2.15 bits per heavy atom.